The zero-order valence-electron chi connectivity index (χ0n) is 18.4. The molecule has 1 aromatic carbocycles. The Morgan fingerprint density at radius 1 is 1.38 bits per heavy atom. The van der Waals surface area contributed by atoms with Crippen molar-refractivity contribution in [2.24, 2.45) is 10.9 Å². The highest BCUT2D eigenvalue weighted by Gasteiger charge is 2.47. The molecule has 1 aliphatic heterocycles. The fraction of sp³-hybridized carbons (Fsp3) is 0.636. The molecule has 3 N–H and O–H groups in total. The van der Waals surface area contributed by atoms with Crippen LogP contribution in [0.2, 0.25) is 18.1 Å². The van der Waals surface area contributed by atoms with Crippen molar-refractivity contribution in [1.82, 2.24) is 4.90 Å². The molecular weight excluding hydrogens is 382 g/mol. The smallest absolute Gasteiger partial charge is 0.223 e. The van der Waals surface area contributed by atoms with E-state index >= 15 is 0 Å². The maximum Gasteiger partial charge on any atom is 0.223 e. The van der Waals surface area contributed by atoms with Crippen LogP contribution in [0.4, 0.5) is 0 Å². The number of hydrogen-bond acceptors (Lipinski definition) is 4. The topological polar surface area (TPSA) is 88.2 Å². The van der Waals surface area contributed by atoms with E-state index < -0.39 is 8.32 Å². The highest BCUT2D eigenvalue weighted by atomic mass is 28.4. The van der Waals surface area contributed by atoms with E-state index in [1.165, 1.54) is 5.56 Å². The monoisotopic (exact) mass is 417 g/mol. The summed E-state index contributed by atoms with van der Waals surface area (Å²) in [4.78, 5) is 14.8. The zero-order chi connectivity index (χ0) is 21.4. The van der Waals surface area contributed by atoms with Crippen LogP contribution < -0.4 is 5.73 Å². The number of nitrogens with two attached hydrogens (primary N) is 1. The molecule has 160 valence electrons. The molecule has 2 aliphatic rings. The SMILES string of the molecule is CC(C)(C)[Si](C)(C)OCCN1CC2(CCCc3c(C(N)=NO)cccc32)CC1=O. The predicted octanol–water partition coefficient (Wildman–Crippen LogP) is 3.61. The van der Waals surface area contributed by atoms with Gasteiger partial charge in [-0.2, -0.15) is 0 Å². The molecular formula is C22H35N3O3Si. The van der Waals surface area contributed by atoms with E-state index in [0.717, 1.165) is 36.9 Å². The van der Waals surface area contributed by atoms with Crippen molar-refractivity contribution < 1.29 is 14.4 Å². The molecule has 1 atom stereocenters. The van der Waals surface area contributed by atoms with Crippen LogP contribution in [-0.2, 0) is 21.1 Å². The van der Waals surface area contributed by atoms with Gasteiger partial charge in [-0.1, -0.05) is 44.1 Å². The summed E-state index contributed by atoms with van der Waals surface area (Å²) in [6.45, 7) is 13.1. The van der Waals surface area contributed by atoms with Gasteiger partial charge in [0.1, 0.15) is 0 Å². The minimum atomic E-state index is -1.82. The number of amidine groups is 1. The Kier molecular flexibility index (Phi) is 5.84. The number of amides is 1. The van der Waals surface area contributed by atoms with Crippen LogP contribution in [0.3, 0.4) is 0 Å². The van der Waals surface area contributed by atoms with Crippen molar-refractivity contribution in [3.05, 3.63) is 34.9 Å². The molecule has 0 aromatic heterocycles. The van der Waals surface area contributed by atoms with E-state index in [1.54, 1.807) is 0 Å². The van der Waals surface area contributed by atoms with Gasteiger partial charge in [0, 0.05) is 30.5 Å². The van der Waals surface area contributed by atoms with Crippen LogP contribution >= 0.6 is 0 Å². The molecule has 1 amide bonds. The first-order chi connectivity index (χ1) is 13.5. The Morgan fingerprint density at radius 3 is 2.76 bits per heavy atom. The van der Waals surface area contributed by atoms with E-state index in [2.05, 4.69) is 45.1 Å². The normalized spacial score (nSPS) is 23.0. The summed E-state index contributed by atoms with van der Waals surface area (Å²) in [6, 6.07) is 5.97. The van der Waals surface area contributed by atoms with Gasteiger partial charge in [-0.05, 0) is 48.5 Å². The molecule has 1 heterocycles. The summed E-state index contributed by atoms with van der Waals surface area (Å²) in [6.07, 6.45) is 3.42. The minimum absolute atomic E-state index is 0.142. The lowest BCUT2D eigenvalue weighted by molar-refractivity contribution is -0.128. The van der Waals surface area contributed by atoms with Gasteiger partial charge in [-0.25, -0.2) is 0 Å². The van der Waals surface area contributed by atoms with Crippen LogP contribution in [0.15, 0.2) is 23.4 Å². The van der Waals surface area contributed by atoms with Gasteiger partial charge in [0.25, 0.3) is 0 Å². The number of benzene rings is 1. The predicted molar refractivity (Wildman–Crippen MR) is 118 cm³/mol. The van der Waals surface area contributed by atoms with Gasteiger partial charge >= 0.3 is 0 Å². The first-order valence-electron chi connectivity index (χ1n) is 10.5. The van der Waals surface area contributed by atoms with Crippen molar-refractivity contribution in [3.8, 4) is 0 Å². The molecule has 29 heavy (non-hydrogen) atoms. The third kappa shape index (κ3) is 4.07. The summed E-state index contributed by atoms with van der Waals surface area (Å²) in [5.74, 6) is 0.341. The van der Waals surface area contributed by atoms with E-state index in [1.807, 2.05) is 17.0 Å². The lowest BCUT2D eigenvalue weighted by Gasteiger charge is -2.37. The number of carbonyl (C=O) groups excluding carboxylic acids is 1. The summed E-state index contributed by atoms with van der Waals surface area (Å²) < 4.78 is 6.30. The third-order valence-corrected chi connectivity index (χ3v) is 11.7. The molecule has 1 unspecified atom stereocenters. The third-order valence-electron chi connectivity index (χ3n) is 7.18. The van der Waals surface area contributed by atoms with Crippen molar-refractivity contribution in [2.75, 3.05) is 19.7 Å². The van der Waals surface area contributed by atoms with Crippen LogP contribution in [0, 0.1) is 0 Å². The largest absolute Gasteiger partial charge is 0.415 e. The summed E-state index contributed by atoms with van der Waals surface area (Å²) in [7, 11) is -1.82. The minimum Gasteiger partial charge on any atom is -0.415 e. The lowest BCUT2D eigenvalue weighted by Crippen LogP contribution is -2.43. The number of fused-ring (bicyclic) bond motifs is 2. The summed E-state index contributed by atoms with van der Waals surface area (Å²) in [5.41, 5.74) is 8.84. The van der Waals surface area contributed by atoms with Gasteiger partial charge in [0.15, 0.2) is 14.2 Å². The van der Waals surface area contributed by atoms with Gasteiger partial charge in [0.2, 0.25) is 5.91 Å². The second-order valence-corrected chi connectivity index (χ2v) is 14.9. The van der Waals surface area contributed by atoms with Gasteiger partial charge in [-0.3, -0.25) is 4.79 Å². The van der Waals surface area contributed by atoms with E-state index in [9.17, 15) is 4.79 Å². The first-order valence-corrected chi connectivity index (χ1v) is 13.4. The van der Waals surface area contributed by atoms with E-state index in [0.29, 0.717) is 19.6 Å². The Balaban J connectivity index is 1.77. The van der Waals surface area contributed by atoms with Gasteiger partial charge in [-0.15, -0.1) is 0 Å². The number of hydrogen-bond donors (Lipinski definition) is 2. The average molecular weight is 418 g/mol. The Morgan fingerprint density at radius 2 is 2.10 bits per heavy atom. The second kappa shape index (κ2) is 7.76. The number of likely N-dealkylation sites (tertiary alicyclic amines) is 1. The van der Waals surface area contributed by atoms with Crippen molar-refractivity contribution in [3.63, 3.8) is 0 Å². The highest BCUT2D eigenvalue weighted by Crippen LogP contribution is 2.45. The summed E-state index contributed by atoms with van der Waals surface area (Å²) >= 11 is 0. The number of carbonyl (C=O) groups is 1. The fourth-order valence-electron chi connectivity index (χ4n) is 4.47. The van der Waals surface area contributed by atoms with Crippen LogP contribution in [-0.4, -0.2) is 49.9 Å². The standard InChI is InChI=1S/C22H35N3O3Si/c1-21(2,3)29(4,5)28-13-12-25-15-22(14-19(25)26)11-7-9-16-17(20(23)24-27)8-6-10-18(16)22/h6,8,10,27H,7,9,11-15H2,1-5H3,(H2,23,24). The molecule has 0 bridgehead atoms. The molecule has 0 radical (unpaired) electrons. The highest BCUT2D eigenvalue weighted by molar-refractivity contribution is 6.74. The van der Waals surface area contributed by atoms with E-state index in [4.69, 9.17) is 15.4 Å². The van der Waals surface area contributed by atoms with Crippen LogP contribution in [0.25, 0.3) is 0 Å². The molecule has 6 nitrogen and oxygen atoms in total. The molecule has 0 saturated carbocycles. The molecule has 7 heteroatoms. The van der Waals surface area contributed by atoms with Crippen molar-refractivity contribution in [2.45, 2.75) is 70.0 Å². The zero-order valence-corrected chi connectivity index (χ0v) is 19.4. The van der Waals surface area contributed by atoms with E-state index in [-0.39, 0.29) is 22.2 Å². The maximum atomic E-state index is 12.9. The summed E-state index contributed by atoms with van der Waals surface area (Å²) in [5, 5.41) is 12.5. The molecule has 1 aromatic rings. The van der Waals surface area contributed by atoms with Crippen LogP contribution in [0.1, 0.15) is 56.7 Å². The number of nitrogens with zero attached hydrogens (tertiary/aromatic N) is 2. The Hall–Kier alpha value is -1.86. The number of rotatable bonds is 5. The van der Waals surface area contributed by atoms with Crippen LogP contribution in [0.5, 0.6) is 0 Å². The Labute approximate surface area is 175 Å². The average Bonchev–Trinajstić information content (AvgIpc) is 2.96. The molecule has 1 saturated heterocycles. The molecule has 1 fully saturated rings. The quantitative estimate of drug-likeness (QED) is 0.252. The Bertz CT molecular complexity index is 816. The molecule has 3 rings (SSSR count). The van der Waals surface area contributed by atoms with Crippen molar-refractivity contribution in [1.29, 1.82) is 0 Å². The van der Waals surface area contributed by atoms with Gasteiger partial charge < -0.3 is 20.3 Å². The van der Waals surface area contributed by atoms with Gasteiger partial charge in [0.05, 0.1) is 6.61 Å². The fourth-order valence-corrected chi connectivity index (χ4v) is 5.51. The van der Waals surface area contributed by atoms with Crippen molar-refractivity contribution >= 4 is 20.1 Å². The molecule has 1 aliphatic carbocycles. The lowest BCUT2D eigenvalue weighted by atomic mass is 9.68. The maximum absolute atomic E-state index is 12.9. The molecule has 1 spiro atoms. The second-order valence-electron chi connectivity index (χ2n) is 10.1. The number of oxime groups is 1. The first kappa shape index (κ1) is 21.8.